The Hall–Kier alpha value is -4.71. The first-order valence-corrected chi connectivity index (χ1v) is 16.2. The Morgan fingerprint density at radius 1 is 0.714 bits per heavy atom. The molecule has 3 amide bonds. The highest BCUT2D eigenvalue weighted by Gasteiger charge is 2.50. The van der Waals surface area contributed by atoms with Crippen molar-refractivity contribution in [3.8, 4) is 0 Å². The van der Waals surface area contributed by atoms with Crippen LogP contribution in [0.25, 0.3) is 0 Å². The number of ether oxygens (including phenoxy) is 3. The van der Waals surface area contributed by atoms with E-state index in [-0.39, 0.29) is 38.0 Å². The van der Waals surface area contributed by atoms with Crippen molar-refractivity contribution in [2.24, 2.45) is 0 Å². The fourth-order valence-electron chi connectivity index (χ4n) is 5.74. The molecule has 8 nitrogen and oxygen atoms in total. The Morgan fingerprint density at radius 2 is 1.20 bits per heavy atom. The summed E-state index contributed by atoms with van der Waals surface area (Å²) in [5.74, 6) is -0.287. The number of hydrogen-bond acceptors (Lipinski definition) is 5. The smallest absolute Gasteiger partial charge is 0.368 e. The predicted octanol–water partition coefficient (Wildman–Crippen LogP) is 7.20. The first kappa shape index (κ1) is 35.6. The number of hydrogen-bond donors (Lipinski definition) is 2. The van der Waals surface area contributed by atoms with E-state index < -0.39 is 42.1 Å². The van der Waals surface area contributed by atoms with Crippen LogP contribution < -0.4 is 10.6 Å². The summed E-state index contributed by atoms with van der Waals surface area (Å²) in [6, 6.07) is 31.6. The van der Waals surface area contributed by atoms with Crippen molar-refractivity contribution in [2.45, 2.75) is 63.7 Å². The van der Waals surface area contributed by atoms with E-state index in [4.69, 9.17) is 14.2 Å². The van der Waals surface area contributed by atoms with E-state index in [2.05, 4.69) is 10.6 Å². The number of urea groups is 1. The lowest BCUT2D eigenvalue weighted by atomic mass is 9.91. The summed E-state index contributed by atoms with van der Waals surface area (Å²) in [5, 5.41) is 5.39. The lowest BCUT2D eigenvalue weighted by Gasteiger charge is -2.48. The van der Waals surface area contributed by atoms with Gasteiger partial charge in [-0.3, -0.25) is 4.79 Å². The molecule has 1 saturated heterocycles. The number of piperidine rings is 1. The van der Waals surface area contributed by atoms with Gasteiger partial charge in [-0.1, -0.05) is 97.9 Å². The SMILES string of the molecule is CCCN1C(=O)[C@H](OCc2ccccc2)[C@H](OCc2ccccc2)[C@H](OCc2ccccc2)[C@H]1CNC(=O)Nc1ccc(C(F)(F)F)cc1. The van der Waals surface area contributed by atoms with Gasteiger partial charge in [-0.05, 0) is 47.4 Å². The highest BCUT2D eigenvalue weighted by atomic mass is 19.4. The molecule has 4 aromatic rings. The zero-order valence-corrected chi connectivity index (χ0v) is 27.1. The molecule has 11 heteroatoms. The minimum Gasteiger partial charge on any atom is -0.368 e. The largest absolute Gasteiger partial charge is 0.416 e. The van der Waals surface area contributed by atoms with E-state index in [1.807, 2.05) is 97.9 Å². The molecule has 0 bridgehead atoms. The van der Waals surface area contributed by atoms with Crippen molar-refractivity contribution < 1.29 is 37.0 Å². The Morgan fingerprint density at radius 3 is 1.69 bits per heavy atom. The van der Waals surface area contributed by atoms with E-state index in [0.29, 0.717) is 13.0 Å². The highest BCUT2D eigenvalue weighted by Crippen LogP contribution is 2.31. The van der Waals surface area contributed by atoms with E-state index in [1.165, 1.54) is 12.1 Å². The molecule has 0 saturated carbocycles. The average molecular weight is 676 g/mol. The molecule has 4 atom stereocenters. The van der Waals surface area contributed by atoms with Crippen LogP contribution in [0.1, 0.15) is 35.6 Å². The molecule has 0 aromatic heterocycles. The van der Waals surface area contributed by atoms with Gasteiger partial charge in [0, 0.05) is 18.8 Å². The van der Waals surface area contributed by atoms with E-state index in [1.54, 1.807) is 4.90 Å². The number of likely N-dealkylation sites (tertiary alicyclic amines) is 1. The molecule has 1 fully saturated rings. The van der Waals surface area contributed by atoms with Gasteiger partial charge in [0.25, 0.3) is 5.91 Å². The summed E-state index contributed by atoms with van der Waals surface area (Å²) < 4.78 is 58.6. The number of amides is 3. The van der Waals surface area contributed by atoms with Crippen LogP contribution in [0.5, 0.6) is 0 Å². The van der Waals surface area contributed by atoms with Gasteiger partial charge in [0.2, 0.25) is 0 Å². The first-order valence-electron chi connectivity index (χ1n) is 16.2. The van der Waals surface area contributed by atoms with E-state index in [0.717, 1.165) is 28.8 Å². The maximum atomic E-state index is 14.3. The van der Waals surface area contributed by atoms with E-state index >= 15 is 0 Å². The fraction of sp³-hybridized carbons (Fsp3) is 0.316. The number of halogens is 3. The number of nitrogens with one attached hydrogen (secondary N) is 2. The monoisotopic (exact) mass is 675 g/mol. The predicted molar refractivity (Wildman–Crippen MR) is 179 cm³/mol. The highest BCUT2D eigenvalue weighted by molar-refractivity contribution is 5.89. The molecule has 1 aliphatic rings. The van der Waals surface area contributed by atoms with Crippen LogP contribution in [-0.2, 0) is 45.0 Å². The van der Waals surface area contributed by atoms with Crippen LogP contribution in [0.4, 0.5) is 23.7 Å². The molecule has 0 aliphatic carbocycles. The van der Waals surface area contributed by atoms with Gasteiger partial charge in [0.15, 0.2) is 6.10 Å². The van der Waals surface area contributed by atoms with Crippen LogP contribution in [0.3, 0.4) is 0 Å². The molecule has 4 aromatic carbocycles. The van der Waals surface area contributed by atoms with Crippen LogP contribution >= 0.6 is 0 Å². The van der Waals surface area contributed by atoms with E-state index in [9.17, 15) is 22.8 Å². The fourth-order valence-corrected chi connectivity index (χ4v) is 5.74. The summed E-state index contributed by atoms with van der Waals surface area (Å²) in [6.45, 7) is 2.88. The second-order valence-electron chi connectivity index (χ2n) is 11.7. The van der Waals surface area contributed by atoms with Gasteiger partial charge in [-0.2, -0.15) is 13.2 Å². The molecule has 2 N–H and O–H groups in total. The average Bonchev–Trinajstić information content (AvgIpc) is 3.11. The van der Waals surface area contributed by atoms with Crippen LogP contribution in [-0.4, -0.2) is 54.3 Å². The van der Waals surface area contributed by atoms with Crippen molar-refractivity contribution in [3.63, 3.8) is 0 Å². The number of carbonyl (C=O) groups excluding carboxylic acids is 2. The summed E-state index contributed by atoms with van der Waals surface area (Å²) >= 11 is 0. The number of benzene rings is 4. The standard InChI is InChI=1S/C38H40F3N3O5/c1-2-22-44-32(23-42-37(46)43-31-20-18-30(19-21-31)38(39,40)41)33(47-24-27-12-6-3-7-13-27)34(48-25-28-14-8-4-9-15-28)35(36(44)45)49-26-29-16-10-5-11-17-29/h3-21,32-35H,2,22-26H2,1H3,(H2,42,43,46)/t32-,33-,34-,35-/m1/s1. The van der Waals surface area contributed by atoms with Crippen molar-refractivity contribution in [1.29, 1.82) is 0 Å². The molecule has 0 unspecified atom stereocenters. The molecule has 49 heavy (non-hydrogen) atoms. The topological polar surface area (TPSA) is 89.1 Å². The quantitative estimate of drug-likeness (QED) is 0.148. The van der Waals surface area contributed by atoms with Gasteiger partial charge >= 0.3 is 12.2 Å². The van der Waals surface area contributed by atoms with Crippen LogP contribution in [0, 0.1) is 0 Å². The Bertz CT molecular complexity index is 1610. The van der Waals surface area contributed by atoms with Gasteiger partial charge in [0.1, 0.15) is 12.2 Å². The van der Waals surface area contributed by atoms with Crippen molar-refractivity contribution in [1.82, 2.24) is 10.2 Å². The van der Waals surface area contributed by atoms with Gasteiger partial charge in [-0.15, -0.1) is 0 Å². The first-order chi connectivity index (χ1) is 23.7. The summed E-state index contributed by atoms with van der Waals surface area (Å²) in [5.41, 5.74) is 2.07. The Labute approximate surface area is 284 Å². The van der Waals surface area contributed by atoms with Crippen molar-refractivity contribution in [3.05, 3.63) is 138 Å². The summed E-state index contributed by atoms with van der Waals surface area (Å²) in [6.07, 6.45) is -6.45. The zero-order chi connectivity index (χ0) is 34.6. The molecule has 1 heterocycles. The number of nitrogens with zero attached hydrogens (tertiary/aromatic N) is 1. The second kappa shape index (κ2) is 17.1. The zero-order valence-electron chi connectivity index (χ0n) is 27.1. The number of rotatable bonds is 14. The van der Waals surface area contributed by atoms with Gasteiger partial charge in [-0.25, -0.2) is 4.79 Å². The third-order valence-electron chi connectivity index (χ3n) is 8.18. The second-order valence-corrected chi connectivity index (χ2v) is 11.7. The van der Waals surface area contributed by atoms with Crippen LogP contribution in [0.15, 0.2) is 115 Å². The number of alkyl halides is 3. The van der Waals surface area contributed by atoms with Gasteiger partial charge < -0.3 is 29.7 Å². The lowest BCUT2D eigenvalue weighted by molar-refractivity contribution is -0.208. The molecular formula is C38H40F3N3O5. The summed E-state index contributed by atoms with van der Waals surface area (Å²) in [4.78, 5) is 29.0. The summed E-state index contributed by atoms with van der Waals surface area (Å²) in [7, 11) is 0. The number of carbonyl (C=O) groups is 2. The third-order valence-corrected chi connectivity index (χ3v) is 8.18. The Balaban J connectivity index is 1.41. The van der Waals surface area contributed by atoms with Crippen molar-refractivity contribution in [2.75, 3.05) is 18.4 Å². The normalized spacial score (nSPS) is 19.4. The van der Waals surface area contributed by atoms with Crippen molar-refractivity contribution >= 4 is 17.6 Å². The Kier molecular flexibility index (Phi) is 12.4. The lowest BCUT2D eigenvalue weighted by Crippen LogP contribution is -2.68. The molecule has 1 aliphatic heterocycles. The molecule has 5 rings (SSSR count). The van der Waals surface area contributed by atoms with Crippen LogP contribution in [0.2, 0.25) is 0 Å². The molecule has 0 radical (unpaired) electrons. The molecule has 0 spiro atoms. The molecular weight excluding hydrogens is 635 g/mol. The minimum absolute atomic E-state index is 0.0196. The maximum absolute atomic E-state index is 14.3. The third kappa shape index (κ3) is 9.91. The minimum atomic E-state index is -4.49. The molecule has 258 valence electrons. The number of anilines is 1. The maximum Gasteiger partial charge on any atom is 0.416 e. The van der Waals surface area contributed by atoms with Gasteiger partial charge in [0.05, 0.1) is 31.4 Å².